The van der Waals surface area contributed by atoms with Crippen LogP contribution < -0.4 is 0 Å². The molecule has 216 valence electrons. The average molecular weight is 579 g/mol. The molecule has 0 N–H and O–H groups in total. The van der Waals surface area contributed by atoms with E-state index in [1.165, 1.54) is 9.80 Å². The maximum absolute atomic E-state index is 13.3. The highest BCUT2D eigenvalue weighted by Gasteiger charge is 2.37. The molecule has 2 aliphatic heterocycles. The Hall–Kier alpha value is -3.48. The molecule has 0 aromatic heterocycles. The fraction of sp³-hybridized carbons (Fsp3) is 0.433. The third-order valence-corrected chi connectivity index (χ3v) is 9.01. The van der Waals surface area contributed by atoms with Crippen LogP contribution in [0.5, 0.6) is 0 Å². The number of amides is 4. The Morgan fingerprint density at radius 2 is 1.22 bits per heavy atom. The van der Waals surface area contributed by atoms with Crippen molar-refractivity contribution < 1.29 is 28.2 Å². The third kappa shape index (κ3) is 6.09. The monoisotopic (exact) mass is 578 g/mol. The van der Waals surface area contributed by atoms with E-state index in [1.54, 1.807) is 36.4 Å². The summed E-state index contributed by atoms with van der Waals surface area (Å²) >= 11 is 0. The number of carbonyl (C=O) groups is 4. The maximum Gasteiger partial charge on any atom is 0.261 e. The summed E-state index contributed by atoms with van der Waals surface area (Å²) in [6, 6.07) is 12.4. The van der Waals surface area contributed by atoms with E-state index in [0.717, 1.165) is 0 Å². The van der Waals surface area contributed by atoms with E-state index in [0.29, 0.717) is 40.8 Å². The molecule has 41 heavy (non-hydrogen) atoms. The minimum Gasteiger partial charge on any atom is -0.321 e. The minimum atomic E-state index is -1.49. The summed E-state index contributed by atoms with van der Waals surface area (Å²) in [6.45, 7) is 10.8. The highest BCUT2D eigenvalue weighted by atomic mass is 31.2. The second-order valence-corrected chi connectivity index (χ2v) is 11.9. The van der Waals surface area contributed by atoms with Crippen LogP contribution in [0, 0.1) is 11.3 Å². The number of hydrogen-bond acceptors (Lipinski definition) is 8. The molecule has 0 saturated carbocycles. The summed E-state index contributed by atoms with van der Waals surface area (Å²) in [5.74, 6) is -1.44. The van der Waals surface area contributed by atoms with Gasteiger partial charge in [-0.2, -0.15) is 5.26 Å². The summed E-state index contributed by atoms with van der Waals surface area (Å²) in [5.41, 5.74) is 2.64. The molecule has 0 fully saturated rings. The summed E-state index contributed by atoms with van der Waals surface area (Å²) in [7, 11) is -1.49. The smallest absolute Gasteiger partial charge is 0.261 e. The van der Waals surface area contributed by atoms with Gasteiger partial charge in [-0.15, -0.1) is 0 Å². The van der Waals surface area contributed by atoms with Crippen molar-refractivity contribution in [2.45, 2.75) is 59.5 Å². The Morgan fingerprint density at radius 3 is 1.68 bits per heavy atom. The molecule has 4 rings (SSSR count). The molecule has 11 heteroatoms. The van der Waals surface area contributed by atoms with Gasteiger partial charge in [-0.3, -0.25) is 29.0 Å². The van der Waals surface area contributed by atoms with Crippen molar-refractivity contribution in [2.24, 2.45) is 0 Å². The predicted octanol–water partition coefficient (Wildman–Crippen LogP) is 5.25. The Balaban J connectivity index is 1.48. The first-order chi connectivity index (χ1) is 19.6. The zero-order valence-corrected chi connectivity index (χ0v) is 24.9. The van der Waals surface area contributed by atoms with Crippen molar-refractivity contribution in [1.82, 2.24) is 14.5 Å². The lowest BCUT2D eigenvalue weighted by atomic mass is 9.97. The molecule has 10 nitrogen and oxygen atoms in total. The van der Waals surface area contributed by atoms with E-state index in [-0.39, 0.29) is 55.6 Å². The number of hydrogen-bond donors (Lipinski definition) is 0. The number of fused-ring (bicyclic) bond motifs is 2. The fourth-order valence-electron chi connectivity index (χ4n) is 5.09. The molecule has 2 aromatic carbocycles. The van der Waals surface area contributed by atoms with Gasteiger partial charge < -0.3 is 9.05 Å². The average Bonchev–Trinajstić information content (AvgIpc) is 3.32. The molecule has 1 atom stereocenters. The van der Waals surface area contributed by atoms with E-state index in [2.05, 4.69) is 10.7 Å². The number of imide groups is 2. The van der Waals surface area contributed by atoms with Gasteiger partial charge >= 0.3 is 0 Å². The Morgan fingerprint density at radius 1 is 0.756 bits per heavy atom. The largest absolute Gasteiger partial charge is 0.321 e. The lowest BCUT2D eigenvalue weighted by molar-refractivity contribution is 0.0616. The van der Waals surface area contributed by atoms with Gasteiger partial charge in [0.2, 0.25) is 0 Å². The van der Waals surface area contributed by atoms with Crippen LogP contribution >= 0.6 is 8.53 Å². The van der Waals surface area contributed by atoms with Crippen molar-refractivity contribution in [2.75, 3.05) is 26.3 Å². The highest BCUT2D eigenvalue weighted by Crippen LogP contribution is 2.46. The Bertz CT molecular complexity index is 1390. The van der Waals surface area contributed by atoms with Gasteiger partial charge in [-0.25, -0.2) is 4.67 Å². The predicted molar refractivity (Wildman–Crippen MR) is 154 cm³/mol. The molecule has 2 aromatic rings. The third-order valence-electron chi connectivity index (χ3n) is 6.90. The molecule has 2 aliphatic rings. The highest BCUT2D eigenvalue weighted by molar-refractivity contribution is 7.44. The number of carbonyl (C=O) groups excluding carboxylic acids is 4. The molecule has 0 saturated heterocycles. The number of rotatable bonds is 13. The Labute approximate surface area is 241 Å². The van der Waals surface area contributed by atoms with E-state index in [1.807, 2.05) is 34.6 Å². The number of nitriles is 1. The van der Waals surface area contributed by atoms with Gasteiger partial charge in [-0.1, -0.05) is 19.1 Å². The molecule has 0 bridgehead atoms. The first-order valence-electron chi connectivity index (χ1n) is 13.8. The normalized spacial score (nSPS) is 15.4. The van der Waals surface area contributed by atoms with Gasteiger partial charge in [-0.05, 0) is 69.5 Å². The summed E-state index contributed by atoms with van der Waals surface area (Å²) < 4.78 is 14.0. The van der Waals surface area contributed by atoms with E-state index >= 15 is 0 Å². The van der Waals surface area contributed by atoms with Gasteiger partial charge in [0, 0.05) is 18.6 Å². The van der Waals surface area contributed by atoms with Crippen molar-refractivity contribution >= 4 is 32.2 Å². The van der Waals surface area contributed by atoms with Gasteiger partial charge in [0.05, 0.1) is 54.5 Å². The second-order valence-electron chi connectivity index (χ2n) is 10.4. The van der Waals surface area contributed by atoms with Crippen LogP contribution in [-0.4, -0.2) is 76.5 Å². The van der Waals surface area contributed by atoms with Gasteiger partial charge in [0.25, 0.3) is 32.2 Å². The molecule has 4 amide bonds. The molecular formula is C30H35N4O6P. The van der Waals surface area contributed by atoms with Crippen molar-refractivity contribution in [1.29, 1.82) is 5.26 Å². The zero-order chi connectivity index (χ0) is 29.8. The number of nitrogens with zero attached hydrogens (tertiary/aromatic N) is 4. The molecule has 1 unspecified atom stereocenters. The number of benzene rings is 2. The fourth-order valence-corrected chi connectivity index (χ4v) is 6.67. The summed E-state index contributed by atoms with van der Waals surface area (Å²) in [4.78, 5) is 54.2. The van der Waals surface area contributed by atoms with Crippen LogP contribution in [0.15, 0.2) is 36.4 Å². The zero-order valence-electron chi connectivity index (χ0n) is 24.0. The van der Waals surface area contributed by atoms with Gasteiger partial charge in [0.15, 0.2) is 0 Å². The minimum absolute atomic E-state index is 0.0505. The first kappa shape index (κ1) is 30.5. The van der Waals surface area contributed by atoms with Crippen LogP contribution in [-0.2, 0) is 9.05 Å². The topological polar surface area (TPSA) is 120 Å². The lowest BCUT2D eigenvalue weighted by Gasteiger charge is -2.35. The first-order valence-corrected chi connectivity index (χ1v) is 15.0. The van der Waals surface area contributed by atoms with Crippen molar-refractivity contribution in [3.63, 3.8) is 0 Å². The maximum atomic E-state index is 13.3. The van der Waals surface area contributed by atoms with Crippen molar-refractivity contribution in [3.8, 4) is 17.2 Å². The molecular weight excluding hydrogens is 543 g/mol. The SMILES string of the molecule is CCCN1C(=O)c2ccc(-c3ccc4c(c3)C(=O)N(CCOP(OCCC#N)N(C(C)C)C(C)C)C4=O)cc2C1=O. The summed E-state index contributed by atoms with van der Waals surface area (Å²) in [5, 5.41) is 8.90. The van der Waals surface area contributed by atoms with E-state index in [9.17, 15) is 19.2 Å². The lowest BCUT2D eigenvalue weighted by Crippen LogP contribution is -2.36. The standard InChI is InChI=1S/C30H35N4O6P/c1-6-13-32-27(35)23-10-8-21(17-25(23)29(32)37)22-9-11-24-26(18-22)30(38)33(28(24)36)14-16-40-41(39-15-7-12-31)34(19(2)3)20(4)5/h8-11,17-20H,6-7,13-16H2,1-5H3. The summed E-state index contributed by atoms with van der Waals surface area (Å²) in [6.07, 6.45) is 0.906. The molecule has 2 heterocycles. The van der Waals surface area contributed by atoms with E-state index < -0.39 is 20.3 Å². The molecule has 0 aliphatic carbocycles. The Kier molecular flexibility index (Phi) is 9.67. The van der Waals surface area contributed by atoms with Gasteiger partial charge in [0.1, 0.15) is 0 Å². The van der Waals surface area contributed by atoms with Crippen LogP contribution in [0.1, 0.15) is 88.9 Å². The van der Waals surface area contributed by atoms with Crippen LogP contribution in [0.3, 0.4) is 0 Å². The quantitative estimate of drug-likeness (QED) is 0.180. The van der Waals surface area contributed by atoms with Crippen LogP contribution in [0.25, 0.3) is 11.1 Å². The van der Waals surface area contributed by atoms with Crippen LogP contribution in [0.2, 0.25) is 0 Å². The van der Waals surface area contributed by atoms with Crippen LogP contribution in [0.4, 0.5) is 0 Å². The second kappa shape index (κ2) is 13.0. The van der Waals surface area contributed by atoms with Crippen molar-refractivity contribution in [3.05, 3.63) is 58.7 Å². The molecule has 0 radical (unpaired) electrons. The van der Waals surface area contributed by atoms with E-state index in [4.69, 9.17) is 14.3 Å². The molecule has 0 spiro atoms.